The molecule has 0 saturated carbocycles. The van der Waals surface area contributed by atoms with Crippen LogP contribution < -0.4 is 0 Å². The van der Waals surface area contributed by atoms with Crippen molar-refractivity contribution in [3.63, 3.8) is 0 Å². The predicted molar refractivity (Wildman–Crippen MR) is 192 cm³/mol. The second-order valence-corrected chi connectivity index (χ2v) is 11.6. The summed E-state index contributed by atoms with van der Waals surface area (Å²) in [5.41, 5.74) is 11.7. The molecule has 0 spiro atoms. The van der Waals surface area contributed by atoms with Crippen LogP contribution in [0.1, 0.15) is 0 Å². The number of hydrogen-bond acceptors (Lipinski definition) is 4. The Kier molecular flexibility index (Phi) is 6.43. The molecule has 9 aromatic rings. The highest BCUT2D eigenvalue weighted by Gasteiger charge is 2.18. The highest BCUT2D eigenvalue weighted by atomic mass is 16.3. The molecule has 0 fully saturated rings. The van der Waals surface area contributed by atoms with E-state index in [9.17, 15) is 0 Å². The van der Waals surface area contributed by atoms with Crippen molar-refractivity contribution in [3.05, 3.63) is 164 Å². The lowest BCUT2D eigenvalue weighted by molar-refractivity contribution is 0.672. The molecule has 0 N–H and O–H groups in total. The van der Waals surface area contributed by atoms with Gasteiger partial charge in [-0.15, -0.1) is 0 Å². The standard InChI is InChI=1S/C43H27N3O/c1-4-12-29(13-5-1)37-27-38(30-14-6-2-7-15-30)46-43(45-37)32-22-20-28(21-23-32)33-24-25-36-35(26-33)42-40(34-18-10-11-19-39(34)47-42)41(44-36)31-16-8-3-9-17-31/h1-27H. The SMILES string of the molecule is c1ccc(-c2cc(-c3ccccc3)nc(-c3ccc(-c4ccc5nc(-c6ccccc6)c6c7ccccc7oc6c5c4)cc3)n2)cc1. The quantitative estimate of drug-likeness (QED) is 0.197. The first-order chi connectivity index (χ1) is 23.3. The zero-order valence-corrected chi connectivity index (χ0v) is 25.3. The number of benzene rings is 6. The molecule has 3 aromatic heterocycles. The van der Waals surface area contributed by atoms with E-state index in [1.165, 1.54) is 0 Å². The van der Waals surface area contributed by atoms with Gasteiger partial charge in [0.05, 0.1) is 28.0 Å². The second-order valence-electron chi connectivity index (χ2n) is 11.6. The highest BCUT2D eigenvalue weighted by molar-refractivity contribution is 6.19. The van der Waals surface area contributed by atoms with Gasteiger partial charge in [-0.25, -0.2) is 15.0 Å². The smallest absolute Gasteiger partial charge is 0.160 e. The van der Waals surface area contributed by atoms with Gasteiger partial charge in [0.15, 0.2) is 5.82 Å². The van der Waals surface area contributed by atoms with E-state index in [-0.39, 0.29) is 0 Å². The van der Waals surface area contributed by atoms with E-state index in [4.69, 9.17) is 19.4 Å². The summed E-state index contributed by atoms with van der Waals surface area (Å²) in [5.74, 6) is 0.692. The Hall–Kier alpha value is -6.39. The molecule has 0 unspecified atom stereocenters. The molecule has 3 heterocycles. The highest BCUT2D eigenvalue weighted by Crippen LogP contribution is 2.40. The molecular formula is C43H27N3O. The summed E-state index contributed by atoms with van der Waals surface area (Å²) in [7, 11) is 0. The molecule has 4 heteroatoms. The molecule has 9 rings (SSSR count). The van der Waals surface area contributed by atoms with Gasteiger partial charge in [-0.05, 0) is 35.4 Å². The van der Waals surface area contributed by atoms with Gasteiger partial charge in [-0.3, -0.25) is 0 Å². The molecule has 0 aliphatic heterocycles. The number of pyridine rings is 1. The number of hydrogen-bond donors (Lipinski definition) is 0. The van der Waals surface area contributed by atoms with Gasteiger partial charge in [0.1, 0.15) is 11.2 Å². The molecule has 0 aliphatic rings. The van der Waals surface area contributed by atoms with Crippen LogP contribution >= 0.6 is 0 Å². The molecule has 0 atom stereocenters. The number of para-hydroxylation sites is 1. The first-order valence-electron chi connectivity index (χ1n) is 15.7. The fraction of sp³-hybridized carbons (Fsp3) is 0. The van der Waals surface area contributed by atoms with Crippen molar-refractivity contribution in [3.8, 4) is 56.3 Å². The molecule has 0 saturated heterocycles. The maximum absolute atomic E-state index is 6.53. The molecule has 0 radical (unpaired) electrons. The molecule has 220 valence electrons. The summed E-state index contributed by atoms with van der Waals surface area (Å²) in [6.07, 6.45) is 0. The third kappa shape index (κ3) is 4.84. The minimum atomic E-state index is 0.692. The van der Waals surface area contributed by atoms with Gasteiger partial charge >= 0.3 is 0 Å². The van der Waals surface area contributed by atoms with Crippen molar-refractivity contribution in [2.45, 2.75) is 0 Å². The van der Waals surface area contributed by atoms with Crippen LogP contribution in [0, 0.1) is 0 Å². The van der Waals surface area contributed by atoms with Gasteiger partial charge < -0.3 is 4.42 Å². The minimum absolute atomic E-state index is 0.692. The van der Waals surface area contributed by atoms with Crippen molar-refractivity contribution in [2.24, 2.45) is 0 Å². The van der Waals surface area contributed by atoms with Crippen LogP contribution in [0.4, 0.5) is 0 Å². The van der Waals surface area contributed by atoms with E-state index in [0.29, 0.717) is 5.82 Å². The largest absolute Gasteiger partial charge is 0.455 e. The Bertz CT molecular complexity index is 2480. The topological polar surface area (TPSA) is 51.8 Å². The zero-order chi connectivity index (χ0) is 31.2. The van der Waals surface area contributed by atoms with Crippen LogP contribution in [-0.2, 0) is 0 Å². The summed E-state index contributed by atoms with van der Waals surface area (Å²) in [4.78, 5) is 15.2. The predicted octanol–water partition coefficient (Wildman–Crippen LogP) is 11.3. The molecule has 0 bridgehead atoms. The Morgan fingerprint density at radius 3 is 1.60 bits per heavy atom. The van der Waals surface area contributed by atoms with Crippen molar-refractivity contribution in [2.75, 3.05) is 0 Å². The van der Waals surface area contributed by atoms with Gasteiger partial charge in [0, 0.05) is 33.0 Å². The van der Waals surface area contributed by atoms with Crippen molar-refractivity contribution in [1.82, 2.24) is 15.0 Å². The monoisotopic (exact) mass is 601 g/mol. The molecule has 6 aromatic carbocycles. The fourth-order valence-electron chi connectivity index (χ4n) is 6.35. The summed E-state index contributed by atoms with van der Waals surface area (Å²) in [6, 6.07) is 56.0. The van der Waals surface area contributed by atoms with E-state index < -0.39 is 0 Å². The van der Waals surface area contributed by atoms with Gasteiger partial charge in [0.25, 0.3) is 0 Å². The Balaban J connectivity index is 1.15. The van der Waals surface area contributed by atoms with Crippen LogP contribution in [0.5, 0.6) is 0 Å². The maximum Gasteiger partial charge on any atom is 0.160 e. The van der Waals surface area contributed by atoms with Gasteiger partial charge in [-0.2, -0.15) is 0 Å². The molecular weight excluding hydrogens is 574 g/mol. The molecule has 47 heavy (non-hydrogen) atoms. The molecule has 0 amide bonds. The summed E-state index contributed by atoms with van der Waals surface area (Å²) >= 11 is 0. The van der Waals surface area contributed by atoms with E-state index in [1.807, 2.05) is 66.7 Å². The van der Waals surface area contributed by atoms with Crippen molar-refractivity contribution in [1.29, 1.82) is 0 Å². The Labute approximate surface area is 271 Å². The summed E-state index contributed by atoms with van der Waals surface area (Å²) < 4.78 is 6.53. The molecule has 4 nitrogen and oxygen atoms in total. The van der Waals surface area contributed by atoms with Crippen LogP contribution in [0.2, 0.25) is 0 Å². The third-order valence-corrected chi connectivity index (χ3v) is 8.69. The van der Waals surface area contributed by atoms with E-state index in [2.05, 4.69) is 97.1 Å². The van der Waals surface area contributed by atoms with Crippen LogP contribution in [0.3, 0.4) is 0 Å². The maximum atomic E-state index is 6.53. The van der Waals surface area contributed by atoms with Crippen LogP contribution in [0.25, 0.3) is 89.1 Å². The lowest BCUT2D eigenvalue weighted by atomic mass is 9.98. The lowest BCUT2D eigenvalue weighted by Crippen LogP contribution is -1.96. The second kappa shape index (κ2) is 11.2. The number of furan rings is 1. The lowest BCUT2D eigenvalue weighted by Gasteiger charge is -2.11. The van der Waals surface area contributed by atoms with Crippen LogP contribution in [0.15, 0.2) is 168 Å². The number of fused-ring (bicyclic) bond motifs is 5. The van der Waals surface area contributed by atoms with Crippen LogP contribution in [-0.4, -0.2) is 15.0 Å². The fourth-order valence-corrected chi connectivity index (χ4v) is 6.35. The normalized spacial score (nSPS) is 11.4. The van der Waals surface area contributed by atoms with Crippen molar-refractivity contribution >= 4 is 32.8 Å². The first-order valence-corrected chi connectivity index (χ1v) is 15.7. The summed E-state index contributed by atoms with van der Waals surface area (Å²) in [6.45, 7) is 0. The van der Waals surface area contributed by atoms with E-state index in [1.54, 1.807) is 0 Å². The molecule has 0 aliphatic carbocycles. The minimum Gasteiger partial charge on any atom is -0.455 e. The van der Waals surface area contributed by atoms with E-state index in [0.717, 1.165) is 83.3 Å². The Morgan fingerprint density at radius 2 is 0.936 bits per heavy atom. The van der Waals surface area contributed by atoms with E-state index >= 15 is 0 Å². The average Bonchev–Trinajstić information content (AvgIpc) is 3.55. The number of aromatic nitrogens is 3. The van der Waals surface area contributed by atoms with Gasteiger partial charge in [0.2, 0.25) is 0 Å². The van der Waals surface area contributed by atoms with Crippen molar-refractivity contribution < 1.29 is 4.42 Å². The first kappa shape index (κ1) is 27.0. The average molecular weight is 602 g/mol. The summed E-state index contributed by atoms with van der Waals surface area (Å²) in [5, 5.41) is 3.10. The number of rotatable bonds is 5. The Morgan fingerprint density at radius 1 is 0.383 bits per heavy atom. The third-order valence-electron chi connectivity index (χ3n) is 8.69. The zero-order valence-electron chi connectivity index (χ0n) is 25.3. The van der Waals surface area contributed by atoms with Gasteiger partial charge in [-0.1, -0.05) is 140 Å². The number of nitrogens with zero attached hydrogens (tertiary/aromatic N) is 3.